The summed E-state index contributed by atoms with van der Waals surface area (Å²) in [5.41, 5.74) is 0.773. The molecule has 0 N–H and O–H groups in total. The molecule has 0 amide bonds. The molecule has 0 bridgehead atoms. The molecule has 0 saturated heterocycles. The number of alkyl halides is 1. The van der Waals surface area contributed by atoms with E-state index in [9.17, 15) is 14.4 Å². The highest BCUT2D eigenvalue weighted by atomic mass is 79.9. The zero-order valence-corrected chi connectivity index (χ0v) is 28.9. The van der Waals surface area contributed by atoms with Gasteiger partial charge < -0.3 is 23.7 Å². The Morgan fingerprint density at radius 2 is 0.955 bits per heavy atom. The summed E-state index contributed by atoms with van der Waals surface area (Å²) in [6, 6.07) is 5.50. The van der Waals surface area contributed by atoms with E-state index in [1.165, 1.54) is 38.5 Å². The average molecular weight is 686 g/mol. The van der Waals surface area contributed by atoms with Crippen LogP contribution >= 0.6 is 15.9 Å². The minimum Gasteiger partial charge on any atom is -0.493 e. The Bertz CT molecular complexity index is 835. The van der Waals surface area contributed by atoms with Crippen LogP contribution in [0.4, 0.5) is 0 Å². The van der Waals surface area contributed by atoms with Gasteiger partial charge >= 0.3 is 17.9 Å². The predicted molar refractivity (Wildman–Crippen MR) is 177 cm³/mol. The number of carbonyl (C=O) groups excluding carboxylic acids is 3. The molecule has 1 rings (SSSR count). The molecule has 0 aliphatic carbocycles. The topological polar surface area (TPSA) is 97.4 Å². The number of benzene rings is 1. The molecule has 0 atom stereocenters. The van der Waals surface area contributed by atoms with E-state index in [1.807, 2.05) is 18.2 Å². The fraction of sp³-hybridized carbons (Fsp3) is 0.743. The number of carbonyl (C=O) groups is 3. The standard InChI is InChI=1S/C35H57BrO8/c1-3-5-7-9-13-24-42-33(37)18-11-15-22-40-31-26-30(29-44-35(39)20-17-21-36)27-32(28-31)41-23-16-12-19-34(38)43-25-14-10-8-6-4-2/h26-28H,3-25,29H2,1-2H3. The Morgan fingerprint density at radius 1 is 0.523 bits per heavy atom. The van der Waals surface area contributed by atoms with Crippen LogP contribution < -0.4 is 9.47 Å². The molecule has 0 aliphatic rings. The van der Waals surface area contributed by atoms with E-state index in [2.05, 4.69) is 29.8 Å². The molecule has 8 nitrogen and oxygen atoms in total. The number of hydrogen-bond acceptors (Lipinski definition) is 8. The smallest absolute Gasteiger partial charge is 0.306 e. The molecule has 44 heavy (non-hydrogen) atoms. The second-order valence-corrected chi connectivity index (χ2v) is 11.9. The molecule has 0 radical (unpaired) electrons. The fourth-order valence-corrected chi connectivity index (χ4v) is 4.66. The minimum atomic E-state index is -0.251. The third-order valence-corrected chi connectivity index (χ3v) is 7.52. The molecule has 0 saturated carbocycles. The Kier molecular flexibility index (Phi) is 25.5. The molecule has 0 fully saturated rings. The van der Waals surface area contributed by atoms with Crippen LogP contribution in [-0.4, -0.2) is 49.7 Å². The highest BCUT2D eigenvalue weighted by molar-refractivity contribution is 9.09. The van der Waals surface area contributed by atoms with Crippen LogP contribution in [0.1, 0.15) is 135 Å². The van der Waals surface area contributed by atoms with Crippen LogP contribution in [0.25, 0.3) is 0 Å². The van der Waals surface area contributed by atoms with Gasteiger partial charge in [-0.2, -0.15) is 0 Å². The number of unbranched alkanes of at least 4 members (excludes halogenated alkanes) is 10. The van der Waals surface area contributed by atoms with E-state index in [-0.39, 0.29) is 24.5 Å². The van der Waals surface area contributed by atoms with E-state index in [1.54, 1.807) is 0 Å². The quantitative estimate of drug-likeness (QED) is 0.0357. The van der Waals surface area contributed by atoms with E-state index < -0.39 is 0 Å². The number of halogens is 1. The zero-order chi connectivity index (χ0) is 32.1. The van der Waals surface area contributed by atoms with Gasteiger partial charge in [0.1, 0.15) is 18.1 Å². The second-order valence-electron chi connectivity index (χ2n) is 11.1. The predicted octanol–water partition coefficient (Wildman–Crippen LogP) is 9.03. The lowest BCUT2D eigenvalue weighted by Crippen LogP contribution is -2.08. The van der Waals surface area contributed by atoms with Crippen LogP contribution in [0.15, 0.2) is 18.2 Å². The van der Waals surface area contributed by atoms with Crippen LogP contribution in [0.5, 0.6) is 11.5 Å². The molecule has 0 unspecified atom stereocenters. The summed E-state index contributed by atoms with van der Waals surface area (Å²) in [7, 11) is 0. The first kappa shape index (κ1) is 39.7. The Balaban J connectivity index is 2.44. The van der Waals surface area contributed by atoms with E-state index >= 15 is 0 Å². The molecule has 0 heterocycles. The Hall–Kier alpha value is -2.29. The molecule has 1 aromatic rings. The number of rotatable bonds is 29. The molecule has 9 heteroatoms. The number of ether oxygens (including phenoxy) is 5. The third kappa shape index (κ3) is 23.1. The summed E-state index contributed by atoms with van der Waals surface area (Å²) in [5.74, 6) is 0.669. The van der Waals surface area contributed by atoms with Crippen molar-refractivity contribution in [2.24, 2.45) is 0 Å². The van der Waals surface area contributed by atoms with Gasteiger partial charge in [-0.3, -0.25) is 14.4 Å². The van der Waals surface area contributed by atoms with Gasteiger partial charge in [-0.05, 0) is 62.6 Å². The lowest BCUT2D eigenvalue weighted by molar-refractivity contribution is -0.145. The van der Waals surface area contributed by atoms with Crippen LogP contribution in [-0.2, 0) is 35.2 Å². The SMILES string of the molecule is CCCCCCCOC(=O)CCCCOc1cc(COC(=O)CCCBr)cc(OCCCCC(=O)OCCCCCCC)c1. The molecule has 0 aromatic heterocycles. The summed E-state index contributed by atoms with van der Waals surface area (Å²) < 4.78 is 28.0. The number of esters is 3. The van der Waals surface area contributed by atoms with E-state index in [4.69, 9.17) is 23.7 Å². The highest BCUT2D eigenvalue weighted by Crippen LogP contribution is 2.25. The van der Waals surface area contributed by atoms with Crippen LogP contribution in [0, 0.1) is 0 Å². The first-order valence-electron chi connectivity index (χ1n) is 16.9. The van der Waals surface area contributed by atoms with Crippen molar-refractivity contribution in [1.82, 2.24) is 0 Å². The van der Waals surface area contributed by atoms with Gasteiger partial charge in [0.2, 0.25) is 0 Å². The van der Waals surface area contributed by atoms with Gasteiger partial charge in [0.15, 0.2) is 0 Å². The van der Waals surface area contributed by atoms with Crippen molar-refractivity contribution < 1.29 is 38.1 Å². The van der Waals surface area contributed by atoms with Crippen molar-refractivity contribution >= 4 is 33.8 Å². The van der Waals surface area contributed by atoms with Gasteiger partial charge in [0.25, 0.3) is 0 Å². The summed E-state index contributed by atoms with van der Waals surface area (Å²) in [6.45, 7) is 6.37. The first-order chi connectivity index (χ1) is 21.5. The Labute approximate surface area is 274 Å². The van der Waals surface area contributed by atoms with Gasteiger partial charge in [0.05, 0.1) is 26.4 Å². The highest BCUT2D eigenvalue weighted by Gasteiger charge is 2.09. The maximum Gasteiger partial charge on any atom is 0.306 e. The molecule has 1 aromatic carbocycles. The second kappa shape index (κ2) is 28.2. The molecular formula is C35H57BrO8. The van der Waals surface area contributed by atoms with Crippen molar-refractivity contribution in [3.8, 4) is 11.5 Å². The monoisotopic (exact) mass is 684 g/mol. The lowest BCUT2D eigenvalue weighted by atomic mass is 10.2. The minimum absolute atomic E-state index is 0.128. The van der Waals surface area contributed by atoms with Crippen molar-refractivity contribution in [3.63, 3.8) is 0 Å². The number of hydrogen-bond donors (Lipinski definition) is 0. The van der Waals surface area contributed by atoms with Crippen molar-refractivity contribution in [2.75, 3.05) is 31.8 Å². The average Bonchev–Trinajstić information content (AvgIpc) is 3.02. The van der Waals surface area contributed by atoms with Crippen molar-refractivity contribution in [1.29, 1.82) is 0 Å². The van der Waals surface area contributed by atoms with Crippen LogP contribution in [0.2, 0.25) is 0 Å². The van der Waals surface area contributed by atoms with E-state index in [0.717, 1.165) is 43.0 Å². The van der Waals surface area contributed by atoms with Gasteiger partial charge in [-0.15, -0.1) is 0 Å². The van der Waals surface area contributed by atoms with Crippen molar-refractivity contribution in [3.05, 3.63) is 23.8 Å². The molecule has 0 spiro atoms. The Morgan fingerprint density at radius 3 is 1.43 bits per heavy atom. The summed E-state index contributed by atoms with van der Waals surface area (Å²) in [4.78, 5) is 36.0. The normalized spacial score (nSPS) is 10.8. The summed E-state index contributed by atoms with van der Waals surface area (Å²) >= 11 is 3.33. The summed E-state index contributed by atoms with van der Waals surface area (Å²) in [5, 5.41) is 0.747. The van der Waals surface area contributed by atoms with Crippen LogP contribution in [0.3, 0.4) is 0 Å². The molecular weight excluding hydrogens is 628 g/mol. The fourth-order valence-electron chi connectivity index (χ4n) is 4.38. The van der Waals surface area contributed by atoms with Gasteiger partial charge in [0, 0.05) is 30.7 Å². The van der Waals surface area contributed by atoms with E-state index in [0.29, 0.717) is 82.9 Å². The first-order valence-corrected chi connectivity index (χ1v) is 18.0. The molecule has 252 valence electrons. The summed E-state index contributed by atoms with van der Waals surface area (Å²) in [6.07, 6.45) is 15.9. The zero-order valence-electron chi connectivity index (χ0n) is 27.3. The van der Waals surface area contributed by atoms with Gasteiger partial charge in [-0.25, -0.2) is 0 Å². The lowest BCUT2D eigenvalue weighted by Gasteiger charge is -2.13. The van der Waals surface area contributed by atoms with Crippen molar-refractivity contribution in [2.45, 2.75) is 136 Å². The molecule has 0 aliphatic heterocycles. The maximum atomic E-state index is 12.0. The third-order valence-electron chi connectivity index (χ3n) is 6.96. The van der Waals surface area contributed by atoms with Gasteiger partial charge in [-0.1, -0.05) is 81.1 Å². The maximum absolute atomic E-state index is 12.0. The largest absolute Gasteiger partial charge is 0.493 e.